The number of esters is 1. The van der Waals surface area contributed by atoms with Crippen LogP contribution in [0.3, 0.4) is 0 Å². The van der Waals surface area contributed by atoms with Crippen molar-refractivity contribution in [3.05, 3.63) is 58.2 Å². The average Bonchev–Trinajstić information content (AvgIpc) is 2.73. The van der Waals surface area contributed by atoms with Gasteiger partial charge in [-0.05, 0) is 31.2 Å². The molecule has 0 saturated heterocycles. The molecular formula is C24H31FN2O4. The van der Waals surface area contributed by atoms with E-state index in [1.165, 1.54) is 6.07 Å². The molecule has 1 aliphatic carbocycles. The Morgan fingerprint density at radius 2 is 2.03 bits per heavy atom. The highest BCUT2D eigenvalue weighted by atomic mass is 19.1. The monoisotopic (exact) mass is 430 g/mol. The van der Waals surface area contributed by atoms with E-state index in [-0.39, 0.29) is 36.1 Å². The maximum Gasteiger partial charge on any atom is 0.336 e. The molecule has 1 aliphatic heterocycles. The van der Waals surface area contributed by atoms with Crippen molar-refractivity contribution in [1.29, 1.82) is 0 Å². The van der Waals surface area contributed by atoms with Gasteiger partial charge in [0.25, 0.3) is 0 Å². The summed E-state index contributed by atoms with van der Waals surface area (Å²) >= 11 is 0. The molecule has 0 spiro atoms. The maximum atomic E-state index is 14.9. The van der Waals surface area contributed by atoms with Crippen LogP contribution in [-0.2, 0) is 19.1 Å². The molecule has 1 aromatic carbocycles. The molecule has 0 bridgehead atoms. The summed E-state index contributed by atoms with van der Waals surface area (Å²) in [4.78, 5) is 26.3. The van der Waals surface area contributed by atoms with Gasteiger partial charge in [-0.1, -0.05) is 32.0 Å². The van der Waals surface area contributed by atoms with Crippen molar-refractivity contribution in [2.24, 2.45) is 17.6 Å². The first-order valence-corrected chi connectivity index (χ1v) is 10.8. The fourth-order valence-corrected chi connectivity index (χ4v) is 4.30. The number of rotatable bonds is 8. The number of hydrogen-bond acceptors (Lipinski definition) is 6. The topological polar surface area (TPSA) is 90.7 Å². The highest BCUT2D eigenvalue weighted by molar-refractivity contribution is 6.04. The summed E-state index contributed by atoms with van der Waals surface area (Å²) in [7, 11) is 0. The van der Waals surface area contributed by atoms with Crippen molar-refractivity contribution >= 4 is 11.8 Å². The van der Waals surface area contributed by atoms with E-state index in [0.29, 0.717) is 43.2 Å². The first-order valence-electron chi connectivity index (χ1n) is 10.8. The molecule has 0 radical (unpaired) electrons. The van der Waals surface area contributed by atoms with Crippen molar-refractivity contribution in [2.75, 3.05) is 26.4 Å². The number of benzene rings is 1. The Labute approximate surface area is 182 Å². The van der Waals surface area contributed by atoms with Crippen molar-refractivity contribution in [3.8, 4) is 0 Å². The molecule has 0 fully saturated rings. The van der Waals surface area contributed by atoms with Gasteiger partial charge in [0, 0.05) is 29.8 Å². The Bertz CT molecular complexity index is 907. The molecule has 2 atom stereocenters. The molecule has 1 aromatic rings. The van der Waals surface area contributed by atoms with Gasteiger partial charge in [0.15, 0.2) is 5.78 Å². The van der Waals surface area contributed by atoms with E-state index in [2.05, 4.69) is 19.2 Å². The number of halogens is 1. The van der Waals surface area contributed by atoms with Gasteiger partial charge >= 0.3 is 5.97 Å². The van der Waals surface area contributed by atoms with Gasteiger partial charge in [0.2, 0.25) is 0 Å². The van der Waals surface area contributed by atoms with Crippen molar-refractivity contribution in [1.82, 2.24) is 5.32 Å². The molecule has 3 rings (SSSR count). The number of carbonyl (C=O) groups is 2. The Morgan fingerprint density at radius 1 is 1.29 bits per heavy atom. The van der Waals surface area contributed by atoms with Crippen LogP contribution in [0.5, 0.6) is 0 Å². The molecule has 0 aromatic heterocycles. The predicted octanol–water partition coefficient (Wildman–Crippen LogP) is 3.19. The zero-order valence-electron chi connectivity index (χ0n) is 18.4. The molecule has 6 nitrogen and oxygen atoms in total. The number of ether oxygens (including phenoxy) is 2. The number of ketones is 1. The van der Waals surface area contributed by atoms with E-state index >= 15 is 0 Å². The van der Waals surface area contributed by atoms with Crippen LogP contribution in [-0.4, -0.2) is 38.1 Å². The van der Waals surface area contributed by atoms with Gasteiger partial charge in [-0.25, -0.2) is 9.18 Å². The number of hydrogen-bond donors (Lipinski definition) is 2. The van der Waals surface area contributed by atoms with Crippen LogP contribution in [0.1, 0.15) is 45.1 Å². The Kier molecular flexibility index (Phi) is 7.62. The Balaban J connectivity index is 2.17. The summed E-state index contributed by atoms with van der Waals surface area (Å²) in [5.41, 5.74) is 7.74. The van der Waals surface area contributed by atoms with E-state index in [9.17, 15) is 14.0 Å². The lowest BCUT2D eigenvalue weighted by Gasteiger charge is -2.38. The number of carbonyl (C=O) groups excluding carboxylic acids is 2. The zero-order valence-corrected chi connectivity index (χ0v) is 18.4. The highest BCUT2D eigenvalue weighted by Crippen LogP contribution is 2.45. The fourth-order valence-electron chi connectivity index (χ4n) is 4.30. The number of nitrogens with one attached hydrogen (secondary N) is 1. The van der Waals surface area contributed by atoms with Crippen LogP contribution in [0.4, 0.5) is 4.39 Å². The molecule has 0 saturated carbocycles. The quantitative estimate of drug-likeness (QED) is 0.486. The summed E-state index contributed by atoms with van der Waals surface area (Å²) in [6.07, 6.45) is 1.03. The summed E-state index contributed by atoms with van der Waals surface area (Å²) in [6, 6.07) is 6.26. The third-order valence-electron chi connectivity index (χ3n) is 5.91. The van der Waals surface area contributed by atoms with E-state index < -0.39 is 17.7 Å². The molecular weight excluding hydrogens is 399 g/mol. The lowest BCUT2D eigenvalue weighted by atomic mass is 9.71. The van der Waals surface area contributed by atoms with Gasteiger partial charge in [0.05, 0.1) is 37.0 Å². The number of nitrogens with two attached hydrogens (primary N) is 1. The normalized spacial score (nSPS) is 21.3. The van der Waals surface area contributed by atoms with Crippen LogP contribution in [0, 0.1) is 17.7 Å². The molecule has 2 aliphatic rings. The summed E-state index contributed by atoms with van der Waals surface area (Å²) in [6.45, 7) is 6.79. The first-order chi connectivity index (χ1) is 14.9. The summed E-state index contributed by atoms with van der Waals surface area (Å²) in [5.74, 6) is -1.46. The molecule has 3 N–H and O–H groups in total. The maximum absolute atomic E-state index is 14.9. The molecule has 2 unspecified atom stereocenters. The zero-order chi connectivity index (χ0) is 22.5. The lowest BCUT2D eigenvalue weighted by Crippen LogP contribution is -2.39. The predicted molar refractivity (Wildman–Crippen MR) is 115 cm³/mol. The van der Waals surface area contributed by atoms with Crippen LogP contribution < -0.4 is 11.1 Å². The van der Waals surface area contributed by atoms with Gasteiger partial charge < -0.3 is 20.5 Å². The average molecular weight is 431 g/mol. The minimum atomic E-state index is -0.839. The van der Waals surface area contributed by atoms with E-state index in [0.717, 1.165) is 5.70 Å². The standard InChI is InChI=1S/C24H31FN2O4/c1-4-31-24(29)23-19(13-30-10-9-26)27-18-11-15(14(2)3)12-20(28)22(18)21(23)16-7-5-6-8-17(16)25/h5-8,14-15,21,27H,4,9-13,26H2,1-3H3. The van der Waals surface area contributed by atoms with Crippen LogP contribution >= 0.6 is 0 Å². The Hall–Kier alpha value is -2.51. The van der Waals surface area contributed by atoms with Crippen LogP contribution in [0.2, 0.25) is 0 Å². The molecule has 7 heteroatoms. The SMILES string of the molecule is CCOC(=O)C1=C(COCCN)NC2=C(C(=O)CC(C(C)C)C2)C1c1ccccc1F. The third-order valence-corrected chi connectivity index (χ3v) is 5.91. The highest BCUT2D eigenvalue weighted by Gasteiger charge is 2.43. The second-order valence-corrected chi connectivity index (χ2v) is 8.26. The number of dihydropyridines is 1. The first kappa shape index (κ1) is 23.2. The molecule has 168 valence electrons. The van der Waals surface area contributed by atoms with Gasteiger partial charge in [-0.15, -0.1) is 0 Å². The minimum Gasteiger partial charge on any atom is -0.463 e. The van der Waals surface area contributed by atoms with Crippen molar-refractivity contribution < 1.29 is 23.5 Å². The second kappa shape index (κ2) is 10.2. The largest absolute Gasteiger partial charge is 0.463 e. The minimum absolute atomic E-state index is 0.0653. The van der Waals surface area contributed by atoms with Crippen molar-refractivity contribution in [2.45, 2.75) is 39.5 Å². The van der Waals surface area contributed by atoms with E-state index in [1.807, 2.05) is 0 Å². The smallest absolute Gasteiger partial charge is 0.336 e. The van der Waals surface area contributed by atoms with Gasteiger partial charge in [0.1, 0.15) is 5.82 Å². The number of allylic oxidation sites excluding steroid dienone is 2. The van der Waals surface area contributed by atoms with Gasteiger partial charge in [-0.3, -0.25) is 4.79 Å². The van der Waals surface area contributed by atoms with E-state index in [4.69, 9.17) is 15.2 Å². The third kappa shape index (κ3) is 4.88. The van der Waals surface area contributed by atoms with Crippen LogP contribution in [0.15, 0.2) is 46.8 Å². The fraction of sp³-hybridized carbons (Fsp3) is 0.500. The molecule has 0 amide bonds. The van der Waals surface area contributed by atoms with Gasteiger partial charge in [-0.2, -0.15) is 0 Å². The lowest BCUT2D eigenvalue weighted by molar-refractivity contribution is -0.139. The van der Waals surface area contributed by atoms with E-state index in [1.54, 1.807) is 25.1 Å². The summed E-state index contributed by atoms with van der Waals surface area (Å²) < 4.78 is 25.9. The molecule has 1 heterocycles. The van der Waals surface area contributed by atoms with Crippen molar-refractivity contribution in [3.63, 3.8) is 0 Å². The number of Topliss-reactive ketones (excluding diaryl/α,β-unsaturated/α-hetero) is 1. The summed E-state index contributed by atoms with van der Waals surface area (Å²) in [5, 5.41) is 3.29. The van der Waals surface area contributed by atoms with Crippen LogP contribution in [0.25, 0.3) is 0 Å². The molecule has 31 heavy (non-hydrogen) atoms. The second-order valence-electron chi connectivity index (χ2n) is 8.26. The Morgan fingerprint density at radius 3 is 2.68 bits per heavy atom.